The van der Waals surface area contributed by atoms with Crippen molar-refractivity contribution in [2.75, 3.05) is 6.54 Å². The Kier molecular flexibility index (Phi) is 4.06. The average molecular weight is 339 g/mol. The smallest absolute Gasteiger partial charge is 0.212 e. The standard InChI is InChI=1S/C14H17F4NO2S/c1-13(2,3)22(20,21)19-8-14(17,18)7-12(19)10-6-9(15)4-5-11(10)16/h4-6,12H,7-8H2,1-3H3. The van der Waals surface area contributed by atoms with Crippen LogP contribution in [0.15, 0.2) is 18.2 Å². The predicted octanol–water partition coefficient (Wildman–Crippen LogP) is 3.48. The van der Waals surface area contributed by atoms with Crippen molar-refractivity contribution >= 4 is 10.0 Å². The quantitative estimate of drug-likeness (QED) is 0.774. The van der Waals surface area contributed by atoms with Crippen molar-refractivity contribution < 1.29 is 26.0 Å². The lowest BCUT2D eigenvalue weighted by molar-refractivity contribution is 0.0169. The van der Waals surface area contributed by atoms with Crippen molar-refractivity contribution in [3.8, 4) is 0 Å². The van der Waals surface area contributed by atoms with Crippen LogP contribution in [-0.4, -0.2) is 29.9 Å². The summed E-state index contributed by atoms with van der Waals surface area (Å²) in [5.74, 6) is -5.00. The molecule has 1 aromatic rings. The van der Waals surface area contributed by atoms with E-state index in [9.17, 15) is 26.0 Å². The summed E-state index contributed by atoms with van der Waals surface area (Å²) in [7, 11) is -4.11. The predicted molar refractivity (Wildman–Crippen MR) is 74.0 cm³/mol. The van der Waals surface area contributed by atoms with Gasteiger partial charge in [0.25, 0.3) is 5.92 Å². The van der Waals surface area contributed by atoms with Gasteiger partial charge in [-0.15, -0.1) is 0 Å². The van der Waals surface area contributed by atoms with Gasteiger partial charge in [0.2, 0.25) is 10.0 Å². The molecular weight excluding hydrogens is 322 g/mol. The molecule has 124 valence electrons. The SMILES string of the molecule is CC(C)(C)S(=O)(=O)N1CC(F)(F)CC1c1cc(F)ccc1F. The molecule has 8 heteroatoms. The number of hydrogen-bond acceptors (Lipinski definition) is 2. The lowest BCUT2D eigenvalue weighted by Gasteiger charge is -2.30. The van der Waals surface area contributed by atoms with E-state index in [4.69, 9.17) is 0 Å². The molecule has 0 amide bonds. The fourth-order valence-corrected chi connectivity index (χ4v) is 4.01. The molecule has 1 unspecified atom stereocenters. The van der Waals surface area contributed by atoms with Gasteiger partial charge in [0, 0.05) is 12.0 Å². The molecule has 0 spiro atoms. The van der Waals surface area contributed by atoms with Crippen LogP contribution < -0.4 is 0 Å². The highest BCUT2D eigenvalue weighted by atomic mass is 32.2. The highest BCUT2D eigenvalue weighted by Gasteiger charge is 2.53. The summed E-state index contributed by atoms with van der Waals surface area (Å²) in [5, 5.41) is 0. The molecule has 0 saturated carbocycles. The second-order valence-electron chi connectivity index (χ2n) is 6.40. The molecule has 0 N–H and O–H groups in total. The highest BCUT2D eigenvalue weighted by Crippen LogP contribution is 2.45. The highest BCUT2D eigenvalue weighted by molar-refractivity contribution is 7.90. The van der Waals surface area contributed by atoms with Gasteiger partial charge in [0.1, 0.15) is 11.6 Å². The third-order valence-electron chi connectivity index (χ3n) is 3.63. The van der Waals surface area contributed by atoms with E-state index < -0.39 is 51.3 Å². The summed E-state index contributed by atoms with van der Waals surface area (Å²) in [4.78, 5) is 0. The van der Waals surface area contributed by atoms with Crippen molar-refractivity contribution in [3.63, 3.8) is 0 Å². The van der Waals surface area contributed by atoms with Crippen molar-refractivity contribution in [1.29, 1.82) is 0 Å². The number of rotatable bonds is 2. The van der Waals surface area contributed by atoms with Crippen molar-refractivity contribution in [1.82, 2.24) is 4.31 Å². The second-order valence-corrected chi connectivity index (χ2v) is 9.05. The Morgan fingerprint density at radius 2 is 1.82 bits per heavy atom. The van der Waals surface area contributed by atoms with Gasteiger partial charge in [-0.2, -0.15) is 4.31 Å². The zero-order chi connectivity index (χ0) is 16.9. The topological polar surface area (TPSA) is 37.4 Å². The molecule has 0 bridgehead atoms. The lowest BCUT2D eigenvalue weighted by atomic mass is 10.0. The monoisotopic (exact) mass is 339 g/mol. The molecular formula is C14H17F4NO2S. The van der Waals surface area contributed by atoms with E-state index in [0.29, 0.717) is 4.31 Å². The maximum atomic E-state index is 13.9. The minimum atomic E-state index is -4.11. The molecule has 1 aliphatic rings. The molecule has 0 aliphatic carbocycles. The number of alkyl halides is 2. The number of hydrogen-bond donors (Lipinski definition) is 0. The van der Waals surface area contributed by atoms with Crippen LogP contribution in [0.25, 0.3) is 0 Å². The first kappa shape index (κ1) is 17.2. The van der Waals surface area contributed by atoms with Crippen LogP contribution in [0.2, 0.25) is 0 Å². The van der Waals surface area contributed by atoms with Gasteiger partial charge in [0.15, 0.2) is 0 Å². The normalized spacial score (nSPS) is 23.0. The maximum Gasteiger partial charge on any atom is 0.263 e. The van der Waals surface area contributed by atoms with Crippen LogP contribution in [0.1, 0.15) is 38.8 Å². The third kappa shape index (κ3) is 2.99. The number of nitrogens with zero attached hydrogens (tertiary/aromatic N) is 1. The molecule has 1 atom stereocenters. The first-order valence-corrected chi connectivity index (χ1v) is 8.13. The summed E-state index contributed by atoms with van der Waals surface area (Å²) < 4.78 is 79.0. The van der Waals surface area contributed by atoms with E-state index in [1.54, 1.807) is 0 Å². The molecule has 1 aromatic carbocycles. The summed E-state index contributed by atoms with van der Waals surface area (Å²) in [6.45, 7) is 3.08. The molecule has 1 saturated heterocycles. The summed E-state index contributed by atoms with van der Waals surface area (Å²) >= 11 is 0. The molecule has 2 rings (SSSR count). The Balaban J connectivity index is 2.55. The fourth-order valence-electron chi connectivity index (χ4n) is 2.43. The molecule has 22 heavy (non-hydrogen) atoms. The number of halogens is 4. The molecule has 0 radical (unpaired) electrons. The Labute approximate surface area is 127 Å². The second kappa shape index (κ2) is 5.19. The van der Waals surface area contributed by atoms with Gasteiger partial charge in [-0.3, -0.25) is 0 Å². The van der Waals surface area contributed by atoms with Crippen LogP contribution in [-0.2, 0) is 10.0 Å². The Hall–Kier alpha value is -1.15. The molecule has 1 heterocycles. The maximum absolute atomic E-state index is 13.9. The van der Waals surface area contributed by atoms with E-state index in [0.717, 1.165) is 18.2 Å². The largest absolute Gasteiger partial charge is 0.263 e. The van der Waals surface area contributed by atoms with Crippen molar-refractivity contribution in [2.24, 2.45) is 0 Å². The van der Waals surface area contributed by atoms with Gasteiger partial charge in [0.05, 0.1) is 17.3 Å². The van der Waals surface area contributed by atoms with Crippen LogP contribution in [0.3, 0.4) is 0 Å². The van der Waals surface area contributed by atoms with Crippen LogP contribution in [0.5, 0.6) is 0 Å². The summed E-state index contributed by atoms with van der Waals surface area (Å²) in [5.41, 5.74) is -0.370. The molecule has 0 aromatic heterocycles. The first-order chi connectivity index (χ1) is 9.85. The van der Waals surface area contributed by atoms with Crippen molar-refractivity contribution in [3.05, 3.63) is 35.4 Å². The summed E-state index contributed by atoms with van der Waals surface area (Å²) in [6, 6.07) is 1.01. The lowest BCUT2D eigenvalue weighted by Crippen LogP contribution is -2.43. The van der Waals surface area contributed by atoms with E-state index in [-0.39, 0.29) is 5.56 Å². The zero-order valence-corrected chi connectivity index (χ0v) is 13.2. The molecule has 1 fully saturated rings. The fraction of sp³-hybridized carbons (Fsp3) is 0.571. The Morgan fingerprint density at radius 3 is 2.36 bits per heavy atom. The number of sulfonamides is 1. The van der Waals surface area contributed by atoms with E-state index >= 15 is 0 Å². The van der Waals surface area contributed by atoms with Crippen LogP contribution >= 0.6 is 0 Å². The number of benzene rings is 1. The third-order valence-corrected chi connectivity index (χ3v) is 6.18. The van der Waals surface area contributed by atoms with E-state index in [1.807, 2.05) is 0 Å². The summed E-state index contributed by atoms with van der Waals surface area (Å²) in [6.07, 6.45) is -0.872. The molecule has 1 aliphatic heterocycles. The van der Waals surface area contributed by atoms with Gasteiger partial charge >= 0.3 is 0 Å². The van der Waals surface area contributed by atoms with Gasteiger partial charge in [-0.1, -0.05) is 0 Å². The Bertz CT molecular complexity index is 683. The minimum absolute atomic E-state index is 0.370. The molecule has 3 nitrogen and oxygen atoms in total. The van der Waals surface area contributed by atoms with E-state index in [2.05, 4.69) is 0 Å². The van der Waals surface area contributed by atoms with Crippen molar-refractivity contribution in [2.45, 2.75) is 43.9 Å². The minimum Gasteiger partial charge on any atom is -0.212 e. The average Bonchev–Trinajstić information content (AvgIpc) is 2.67. The van der Waals surface area contributed by atoms with Gasteiger partial charge in [-0.25, -0.2) is 26.0 Å². The van der Waals surface area contributed by atoms with Crippen LogP contribution in [0, 0.1) is 11.6 Å². The first-order valence-electron chi connectivity index (χ1n) is 6.69. The van der Waals surface area contributed by atoms with Crippen LogP contribution in [0.4, 0.5) is 17.6 Å². The van der Waals surface area contributed by atoms with Gasteiger partial charge < -0.3 is 0 Å². The van der Waals surface area contributed by atoms with E-state index in [1.165, 1.54) is 20.8 Å². The van der Waals surface area contributed by atoms with Gasteiger partial charge in [-0.05, 0) is 39.0 Å². The zero-order valence-electron chi connectivity index (χ0n) is 12.4. The Morgan fingerprint density at radius 1 is 1.23 bits per heavy atom.